The topological polar surface area (TPSA) is 115 Å². The molecule has 0 saturated heterocycles. The first-order chi connectivity index (χ1) is 9.79. The third-order valence-electron chi connectivity index (χ3n) is 6.34. The van der Waals surface area contributed by atoms with Crippen LogP contribution in [0.15, 0.2) is 11.6 Å². The van der Waals surface area contributed by atoms with E-state index in [0.29, 0.717) is 19.3 Å². The minimum Gasteiger partial charge on any atom is -0.481 e. The maximum absolute atomic E-state index is 11.6. The van der Waals surface area contributed by atoms with Crippen molar-refractivity contribution in [3.63, 3.8) is 0 Å². The van der Waals surface area contributed by atoms with Crippen LogP contribution in [0.25, 0.3) is 0 Å². The van der Waals surface area contributed by atoms with Crippen molar-refractivity contribution in [3.8, 4) is 0 Å². The first-order valence-corrected chi connectivity index (χ1v) is 7.25. The summed E-state index contributed by atoms with van der Waals surface area (Å²) in [5, 5.41) is 39.3. The minimum atomic E-state index is -1.10. The molecule has 2 saturated carbocycles. The molecule has 3 aliphatic carbocycles. The zero-order valence-electron chi connectivity index (χ0n) is 11.8. The van der Waals surface area contributed by atoms with Crippen LogP contribution in [-0.4, -0.2) is 45.1 Å². The van der Waals surface area contributed by atoms with E-state index in [-0.39, 0.29) is 18.1 Å². The molecule has 3 rings (SSSR count). The van der Waals surface area contributed by atoms with Crippen molar-refractivity contribution in [2.75, 3.05) is 6.61 Å². The molecule has 116 valence electrons. The van der Waals surface area contributed by atoms with Gasteiger partial charge in [-0.3, -0.25) is 4.79 Å². The lowest BCUT2D eigenvalue weighted by Crippen LogP contribution is -2.45. The molecule has 21 heavy (non-hydrogen) atoms. The van der Waals surface area contributed by atoms with E-state index < -0.39 is 40.7 Å². The van der Waals surface area contributed by atoms with Gasteiger partial charge in [-0.15, -0.1) is 0 Å². The molecule has 0 aromatic heterocycles. The van der Waals surface area contributed by atoms with Crippen LogP contribution < -0.4 is 0 Å². The lowest BCUT2D eigenvalue weighted by atomic mass is 9.65. The Hall–Kier alpha value is -1.40. The maximum atomic E-state index is 11.6. The lowest BCUT2D eigenvalue weighted by molar-refractivity contribution is -0.150. The van der Waals surface area contributed by atoms with Crippen LogP contribution >= 0.6 is 0 Å². The quantitative estimate of drug-likeness (QED) is 0.602. The zero-order chi connectivity index (χ0) is 15.6. The van der Waals surface area contributed by atoms with Crippen molar-refractivity contribution < 1.29 is 30.0 Å². The van der Waals surface area contributed by atoms with Gasteiger partial charge in [0, 0.05) is 23.0 Å². The fourth-order valence-corrected chi connectivity index (χ4v) is 5.41. The first-order valence-electron chi connectivity index (χ1n) is 7.25. The van der Waals surface area contributed by atoms with Gasteiger partial charge in [-0.25, -0.2) is 4.79 Å². The second-order valence-electron chi connectivity index (χ2n) is 6.93. The molecule has 6 nitrogen and oxygen atoms in total. The summed E-state index contributed by atoms with van der Waals surface area (Å²) in [6, 6.07) is 0. The van der Waals surface area contributed by atoms with Crippen LogP contribution in [0, 0.1) is 28.6 Å². The van der Waals surface area contributed by atoms with Crippen LogP contribution in [0.1, 0.15) is 26.2 Å². The van der Waals surface area contributed by atoms with Crippen LogP contribution in [0.3, 0.4) is 0 Å². The van der Waals surface area contributed by atoms with Crippen molar-refractivity contribution in [3.05, 3.63) is 11.6 Å². The van der Waals surface area contributed by atoms with E-state index in [9.17, 15) is 30.0 Å². The highest BCUT2D eigenvalue weighted by Crippen LogP contribution is 2.71. The molecule has 0 heterocycles. The Labute approximate surface area is 122 Å². The van der Waals surface area contributed by atoms with Gasteiger partial charge in [-0.2, -0.15) is 0 Å². The average molecular weight is 296 g/mol. The van der Waals surface area contributed by atoms with E-state index in [0.717, 1.165) is 0 Å². The molecule has 2 bridgehead atoms. The number of aliphatic carboxylic acids is 2. The first kappa shape index (κ1) is 14.5. The van der Waals surface area contributed by atoms with Crippen LogP contribution in [0.5, 0.6) is 0 Å². The molecular weight excluding hydrogens is 276 g/mol. The molecule has 3 aliphatic rings. The Bertz CT molecular complexity index is 540. The van der Waals surface area contributed by atoms with Crippen molar-refractivity contribution in [2.45, 2.75) is 32.3 Å². The number of carboxylic acid groups (broad SMARTS) is 2. The Balaban J connectivity index is 2.17. The number of hydrogen-bond donors (Lipinski definition) is 4. The molecule has 6 heteroatoms. The van der Waals surface area contributed by atoms with E-state index in [4.69, 9.17) is 0 Å². The Morgan fingerprint density at radius 2 is 2.00 bits per heavy atom. The molecule has 0 unspecified atom stereocenters. The van der Waals surface area contributed by atoms with Gasteiger partial charge in [0.2, 0.25) is 0 Å². The molecule has 0 aromatic rings. The molecule has 6 atom stereocenters. The van der Waals surface area contributed by atoms with Gasteiger partial charge in [0.15, 0.2) is 0 Å². The minimum absolute atomic E-state index is 0.114. The number of aliphatic hydroxyl groups excluding tert-OH is 2. The summed E-state index contributed by atoms with van der Waals surface area (Å²) in [7, 11) is 0. The van der Waals surface area contributed by atoms with E-state index in [1.807, 2.05) is 6.92 Å². The highest BCUT2D eigenvalue weighted by atomic mass is 16.4. The summed E-state index contributed by atoms with van der Waals surface area (Å²) in [5.74, 6) is -3.30. The monoisotopic (exact) mass is 296 g/mol. The predicted octanol–water partition coefficient (Wildman–Crippen LogP) is 0.488. The zero-order valence-corrected chi connectivity index (χ0v) is 11.8. The van der Waals surface area contributed by atoms with Gasteiger partial charge in [0.25, 0.3) is 0 Å². The van der Waals surface area contributed by atoms with Crippen molar-refractivity contribution >= 4 is 11.9 Å². The second kappa shape index (κ2) is 4.30. The summed E-state index contributed by atoms with van der Waals surface area (Å²) in [4.78, 5) is 23.0. The normalized spacial score (nSPS) is 47.9. The Kier molecular flexibility index (Phi) is 2.98. The molecule has 0 aromatic carbocycles. The third kappa shape index (κ3) is 1.54. The molecule has 0 radical (unpaired) electrons. The molecule has 1 spiro atoms. The predicted molar refractivity (Wildman–Crippen MR) is 71.3 cm³/mol. The smallest absolute Gasteiger partial charge is 0.331 e. The summed E-state index contributed by atoms with van der Waals surface area (Å²) in [5.41, 5.74) is -1.41. The van der Waals surface area contributed by atoms with E-state index in [1.165, 1.54) is 6.08 Å². The molecule has 4 N–H and O–H groups in total. The van der Waals surface area contributed by atoms with Crippen LogP contribution in [-0.2, 0) is 9.59 Å². The maximum Gasteiger partial charge on any atom is 0.331 e. The van der Waals surface area contributed by atoms with Gasteiger partial charge in [-0.05, 0) is 37.2 Å². The summed E-state index contributed by atoms with van der Waals surface area (Å²) >= 11 is 0. The molecule has 0 amide bonds. The third-order valence-corrected chi connectivity index (χ3v) is 6.34. The van der Waals surface area contributed by atoms with E-state index in [2.05, 4.69) is 0 Å². The fraction of sp³-hybridized carbons (Fsp3) is 0.733. The summed E-state index contributed by atoms with van der Waals surface area (Å²) in [6.45, 7) is 1.62. The van der Waals surface area contributed by atoms with Gasteiger partial charge < -0.3 is 20.4 Å². The average Bonchev–Trinajstić information content (AvgIpc) is 2.89. The molecular formula is C15H20O6. The highest BCUT2D eigenvalue weighted by molar-refractivity contribution is 5.88. The van der Waals surface area contributed by atoms with Gasteiger partial charge in [-0.1, -0.05) is 6.92 Å². The number of hydrogen-bond acceptors (Lipinski definition) is 4. The lowest BCUT2D eigenvalue weighted by Gasteiger charge is -2.40. The number of carbonyl (C=O) groups is 2. The highest BCUT2D eigenvalue weighted by Gasteiger charge is 2.71. The summed E-state index contributed by atoms with van der Waals surface area (Å²) < 4.78 is 0. The molecule has 2 fully saturated rings. The van der Waals surface area contributed by atoms with E-state index >= 15 is 0 Å². The summed E-state index contributed by atoms with van der Waals surface area (Å²) in [6.07, 6.45) is 1.62. The van der Waals surface area contributed by atoms with Gasteiger partial charge in [0.1, 0.15) is 0 Å². The van der Waals surface area contributed by atoms with Gasteiger partial charge >= 0.3 is 11.9 Å². The number of fused-ring (bicyclic) bond motifs is 1. The Morgan fingerprint density at radius 3 is 2.52 bits per heavy atom. The standard InChI is InChI=1S/C15H20O6/c1-14(6-16)9-5-15(11(17)4-7(9)12(18)19)8(13(20)21)2-3-10(14)15/h4,8-11,16-17H,2-3,5-6H2,1H3,(H,18,19)(H,20,21)/t8-,9-,10-,11-,14+,15+/m0/s1. The largest absolute Gasteiger partial charge is 0.481 e. The van der Waals surface area contributed by atoms with Crippen molar-refractivity contribution in [1.82, 2.24) is 0 Å². The number of aliphatic hydroxyl groups is 2. The number of carboxylic acids is 2. The van der Waals surface area contributed by atoms with Gasteiger partial charge in [0.05, 0.1) is 12.0 Å². The van der Waals surface area contributed by atoms with E-state index in [1.54, 1.807) is 0 Å². The van der Waals surface area contributed by atoms with Crippen LogP contribution in [0.4, 0.5) is 0 Å². The molecule has 0 aliphatic heterocycles. The Morgan fingerprint density at radius 1 is 1.33 bits per heavy atom. The second-order valence-corrected chi connectivity index (χ2v) is 6.93. The fourth-order valence-electron chi connectivity index (χ4n) is 5.41. The van der Waals surface area contributed by atoms with Crippen molar-refractivity contribution in [1.29, 1.82) is 0 Å². The van der Waals surface area contributed by atoms with Crippen molar-refractivity contribution in [2.24, 2.45) is 28.6 Å². The van der Waals surface area contributed by atoms with Crippen LogP contribution in [0.2, 0.25) is 0 Å². The number of rotatable bonds is 3. The SMILES string of the molecule is C[C@@]1(CO)[C@H]2C[C@@]3([C@@H](O)C=C2C(=O)O)[C@H](C(=O)O)CC[C@@H]13.